The van der Waals surface area contributed by atoms with Crippen molar-refractivity contribution in [3.63, 3.8) is 0 Å². The largest absolute Gasteiger partial charge is 0.479 e. The fourth-order valence-electron chi connectivity index (χ4n) is 2.17. The molecule has 1 fully saturated rings. The predicted octanol–water partition coefficient (Wildman–Crippen LogP) is 2.12. The maximum atomic E-state index is 13.1. The van der Waals surface area contributed by atoms with Gasteiger partial charge in [-0.15, -0.1) is 0 Å². The van der Waals surface area contributed by atoms with Crippen LogP contribution in [0.5, 0.6) is 0 Å². The highest BCUT2D eigenvalue weighted by atomic mass is 19.1. The Morgan fingerprint density at radius 2 is 2.33 bits per heavy atom. The summed E-state index contributed by atoms with van der Waals surface area (Å²) in [5, 5.41) is 12.4. The number of nitrogens with one attached hydrogen (secondary N) is 1. The van der Waals surface area contributed by atoms with Gasteiger partial charge in [-0.25, -0.2) is 9.18 Å². The van der Waals surface area contributed by atoms with Crippen LogP contribution in [0.3, 0.4) is 0 Å². The van der Waals surface area contributed by atoms with E-state index in [-0.39, 0.29) is 12.5 Å². The number of halogens is 1. The molecule has 0 radical (unpaired) electrons. The summed E-state index contributed by atoms with van der Waals surface area (Å²) in [7, 11) is 1.47. The number of anilines is 1. The number of carbonyl (C=O) groups is 1. The van der Waals surface area contributed by atoms with Gasteiger partial charge in [0.25, 0.3) is 0 Å². The fourth-order valence-corrected chi connectivity index (χ4v) is 2.17. The van der Waals surface area contributed by atoms with Gasteiger partial charge in [0.2, 0.25) is 0 Å². The van der Waals surface area contributed by atoms with E-state index in [1.807, 2.05) is 0 Å². The molecular formula is C13H16FNO3. The topological polar surface area (TPSA) is 58.6 Å². The Bertz CT molecular complexity index is 448. The molecule has 0 spiro atoms. The monoisotopic (exact) mass is 253 g/mol. The standard InChI is InChI=1S/C13H16FNO3/c1-18-8-13(12(16)17,9-5-6-9)15-11-4-2-3-10(14)7-11/h2-4,7,9,15H,5-6,8H2,1H3,(H,16,17). The van der Waals surface area contributed by atoms with Crippen molar-refractivity contribution in [3.8, 4) is 0 Å². The first kappa shape index (κ1) is 12.8. The van der Waals surface area contributed by atoms with Gasteiger partial charge in [-0.2, -0.15) is 0 Å². The minimum absolute atomic E-state index is 0.0261. The highest BCUT2D eigenvalue weighted by molar-refractivity contribution is 5.84. The summed E-state index contributed by atoms with van der Waals surface area (Å²) in [6, 6.07) is 5.81. The first-order chi connectivity index (χ1) is 8.58. The van der Waals surface area contributed by atoms with Crippen molar-refractivity contribution < 1.29 is 19.0 Å². The van der Waals surface area contributed by atoms with Crippen molar-refractivity contribution in [3.05, 3.63) is 30.1 Å². The second kappa shape index (κ2) is 4.94. The van der Waals surface area contributed by atoms with Gasteiger partial charge in [-0.05, 0) is 37.0 Å². The van der Waals surface area contributed by atoms with Crippen LogP contribution >= 0.6 is 0 Å². The lowest BCUT2D eigenvalue weighted by molar-refractivity contribution is -0.145. The Labute approximate surface area is 105 Å². The highest BCUT2D eigenvalue weighted by Gasteiger charge is 2.51. The van der Waals surface area contributed by atoms with E-state index in [1.54, 1.807) is 12.1 Å². The van der Waals surface area contributed by atoms with Gasteiger partial charge in [-0.1, -0.05) is 6.07 Å². The van der Waals surface area contributed by atoms with Gasteiger partial charge in [-0.3, -0.25) is 0 Å². The molecule has 4 nitrogen and oxygen atoms in total. The zero-order chi connectivity index (χ0) is 13.2. The predicted molar refractivity (Wildman–Crippen MR) is 65.0 cm³/mol. The summed E-state index contributed by atoms with van der Waals surface area (Å²) in [6.07, 6.45) is 1.69. The summed E-state index contributed by atoms with van der Waals surface area (Å²) < 4.78 is 18.2. The molecular weight excluding hydrogens is 237 g/mol. The van der Waals surface area contributed by atoms with E-state index in [0.717, 1.165) is 12.8 Å². The Kier molecular flexibility index (Phi) is 3.52. The Morgan fingerprint density at radius 3 is 2.83 bits per heavy atom. The smallest absolute Gasteiger partial charge is 0.332 e. The number of methoxy groups -OCH3 is 1. The molecule has 1 unspecified atom stereocenters. The number of hydrogen-bond acceptors (Lipinski definition) is 3. The Balaban J connectivity index is 2.26. The third kappa shape index (κ3) is 2.46. The number of carboxylic acids is 1. The third-order valence-electron chi connectivity index (χ3n) is 3.22. The van der Waals surface area contributed by atoms with Crippen LogP contribution in [0.4, 0.5) is 10.1 Å². The van der Waals surface area contributed by atoms with Crippen molar-refractivity contribution >= 4 is 11.7 Å². The molecule has 5 heteroatoms. The molecule has 0 saturated heterocycles. The lowest BCUT2D eigenvalue weighted by atomic mass is 9.93. The molecule has 1 aromatic rings. The molecule has 0 bridgehead atoms. The van der Waals surface area contributed by atoms with Crippen LogP contribution in [0.25, 0.3) is 0 Å². The maximum absolute atomic E-state index is 13.1. The third-order valence-corrected chi connectivity index (χ3v) is 3.22. The SMILES string of the molecule is COCC(Nc1cccc(F)c1)(C(=O)O)C1CC1. The number of aliphatic carboxylic acids is 1. The van der Waals surface area contributed by atoms with E-state index in [4.69, 9.17) is 4.74 Å². The summed E-state index contributed by atoms with van der Waals surface area (Å²) in [6.45, 7) is 0.0590. The van der Waals surface area contributed by atoms with Gasteiger partial charge in [0.05, 0.1) is 6.61 Å². The van der Waals surface area contributed by atoms with Gasteiger partial charge in [0.15, 0.2) is 5.54 Å². The lowest BCUT2D eigenvalue weighted by Gasteiger charge is -2.31. The second-order valence-electron chi connectivity index (χ2n) is 4.62. The minimum atomic E-state index is -1.16. The highest BCUT2D eigenvalue weighted by Crippen LogP contribution is 2.42. The molecule has 1 saturated carbocycles. The van der Waals surface area contributed by atoms with E-state index in [1.165, 1.54) is 19.2 Å². The normalized spacial score (nSPS) is 18.1. The van der Waals surface area contributed by atoms with Gasteiger partial charge >= 0.3 is 5.97 Å². The van der Waals surface area contributed by atoms with Crippen LogP contribution in [0, 0.1) is 11.7 Å². The van der Waals surface area contributed by atoms with Crippen LogP contribution < -0.4 is 5.32 Å². The van der Waals surface area contributed by atoms with Gasteiger partial charge in [0.1, 0.15) is 5.82 Å². The molecule has 0 heterocycles. The quantitative estimate of drug-likeness (QED) is 0.815. The molecule has 1 aliphatic rings. The van der Waals surface area contributed by atoms with Crippen LogP contribution in [0.1, 0.15) is 12.8 Å². The molecule has 0 amide bonds. The van der Waals surface area contributed by atoms with Crippen LogP contribution in [0.2, 0.25) is 0 Å². The number of ether oxygens (including phenoxy) is 1. The molecule has 2 rings (SSSR count). The average Bonchev–Trinajstić information content (AvgIpc) is 3.12. The molecule has 1 aliphatic carbocycles. The van der Waals surface area contributed by atoms with Crippen molar-refractivity contribution in [1.82, 2.24) is 0 Å². The fraction of sp³-hybridized carbons (Fsp3) is 0.462. The van der Waals surface area contributed by atoms with Crippen LogP contribution in [0.15, 0.2) is 24.3 Å². The average molecular weight is 253 g/mol. The van der Waals surface area contributed by atoms with Crippen molar-refractivity contribution in [2.45, 2.75) is 18.4 Å². The first-order valence-electron chi connectivity index (χ1n) is 5.84. The number of hydrogen-bond donors (Lipinski definition) is 2. The summed E-state index contributed by atoms with van der Waals surface area (Å²) in [5.41, 5.74) is -0.705. The Hall–Kier alpha value is -1.62. The van der Waals surface area contributed by atoms with Crippen molar-refractivity contribution in [1.29, 1.82) is 0 Å². The first-order valence-corrected chi connectivity index (χ1v) is 5.84. The van der Waals surface area contributed by atoms with Crippen molar-refractivity contribution in [2.75, 3.05) is 19.0 Å². The molecule has 0 aliphatic heterocycles. The zero-order valence-corrected chi connectivity index (χ0v) is 10.1. The number of rotatable bonds is 6. The van der Waals surface area contributed by atoms with E-state index in [9.17, 15) is 14.3 Å². The number of benzene rings is 1. The molecule has 98 valence electrons. The van der Waals surface area contributed by atoms with Gasteiger partial charge in [0, 0.05) is 12.8 Å². The zero-order valence-electron chi connectivity index (χ0n) is 10.1. The van der Waals surface area contributed by atoms with E-state index in [2.05, 4.69) is 5.32 Å². The molecule has 2 N–H and O–H groups in total. The molecule has 18 heavy (non-hydrogen) atoms. The summed E-state index contributed by atoms with van der Waals surface area (Å²) in [4.78, 5) is 11.5. The second-order valence-corrected chi connectivity index (χ2v) is 4.62. The summed E-state index contributed by atoms with van der Waals surface area (Å²) >= 11 is 0. The van der Waals surface area contributed by atoms with Crippen molar-refractivity contribution in [2.24, 2.45) is 5.92 Å². The van der Waals surface area contributed by atoms with Crippen LogP contribution in [-0.4, -0.2) is 30.3 Å². The van der Waals surface area contributed by atoms with Crippen LogP contribution in [-0.2, 0) is 9.53 Å². The molecule has 0 aromatic heterocycles. The van der Waals surface area contributed by atoms with E-state index >= 15 is 0 Å². The molecule has 1 atom stereocenters. The lowest BCUT2D eigenvalue weighted by Crippen LogP contribution is -2.52. The summed E-state index contributed by atoms with van der Waals surface area (Å²) in [5.74, 6) is -1.33. The van der Waals surface area contributed by atoms with E-state index < -0.39 is 17.3 Å². The number of carboxylic acid groups (broad SMARTS) is 1. The van der Waals surface area contributed by atoms with E-state index in [0.29, 0.717) is 5.69 Å². The minimum Gasteiger partial charge on any atom is -0.479 e. The maximum Gasteiger partial charge on any atom is 0.332 e. The van der Waals surface area contributed by atoms with Gasteiger partial charge < -0.3 is 15.2 Å². The Morgan fingerprint density at radius 1 is 1.61 bits per heavy atom. The molecule has 1 aromatic carbocycles.